The molecular weight excluding hydrogens is 294 g/mol. The molecule has 2 aromatic rings. The molecule has 0 bridgehead atoms. The number of carbonyl (C=O) groups excluding carboxylic acids is 2. The lowest BCUT2D eigenvalue weighted by atomic mass is 10.1. The average molecular weight is 315 g/mol. The summed E-state index contributed by atoms with van der Waals surface area (Å²) in [7, 11) is 0. The summed E-state index contributed by atoms with van der Waals surface area (Å²) in [6.45, 7) is 7.89. The van der Waals surface area contributed by atoms with E-state index in [-0.39, 0.29) is 11.9 Å². The molecule has 5 nitrogen and oxygen atoms in total. The minimum atomic E-state index is -0.381. The van der Waals surface area contributed by atoms with Gasteiger partial charge in [0.1, 0.15) is 0 Å². The number of aromatic nitrogens is 1. The van der Waals surface area contributed by atoms with Gasteiger partial charge in [0.15, 0.2) is 0 Å². The molecule has 0 aliphatic rings. The van der Waals surface area contributed by atoms with Gasteiger partial charge in [-0.25, -0.2) is 9.59 Å². The van der Waals surface area contributed by atoms with Crippen LogP contribution in [-0.2, 0) is 9.47 Å². The van der Waals surface area contributed by atoms with Gasteiger partial charge in [-0.2, -0.15) is 0 Å². The van der Waals surface area contributed by atoms with Crippen LogP contribution in [0, 0.1) is 13.8 Å². The van der Waals surface area contributed by atoms with Gasteiger partial charge in [-0.05, 0) is 45.9 Å². The zero-order chi connectivity index (χ0) is 17.0. The van der Waals surface area contributed by atoms with Crippen molar-refractivity contribution in [2.75, 3.05) is 13.2 Å². The maximum atomic E-state index is 12.2. The van der Waals surface area contributed by atoms with Crippen LogP contribution in [0.5, 0.6) is 0 Å². The van der Waals surface area contributed by atoms with Gasteiger partial charge in [0, 0.05) is 11.4 Å². The summed E-state index contributed by atoms with van der Waals surface area (Å²) < 4.78 is 12.1. The fourth-order valence-corrected chi connectivity index (χ4v) is 2.60. The van der Waals surface area contributed by atoms with Crippen LogP contribution < -0.4 is 0 Å². The number of hydrogen-bond acceptors (Lipinski definition) is 4. The first-order valence-electron chi connectivity index (χ1n) is 7.63. The molecule has 0 N–H and O–H groups in total. The molecule has 5 heteroatoms. The molecule has 122 valence electrons. The van der Waals surface area contributed by atoms with E-state index >= 15 is 0 Å². The summed E-state index contributed by atoms with van der Waals surface area (Å²) in [5.41, 5.74) is 3.24. The molecule has 1 aromatic carbocycles. The molecule has 0 aliphatic heterocycles. The molecule has 0 saturated carbocycles. The van der Waals surface area contributed by atoms with Crippen molar-refractivity contribution in [2.24, 2.45) is 0 Å². The number of aryl methyl sites for hydroxylation is 1. The summed E-state index contributed by atoms with van der Waals surface area (Å²) in [6.07, 6.45) is 0. The fraction of sp³-hybridized carbons (Fsp3) is 0.333. The van der Waals surface area contributed by atoms with Crippen molar-refractivity contribution in [2.45, 2.75) is 27.7 Å². The smallest absolute Gasteiger partial charge is 0.340 e. The van der Waals surface area contributed by atoms with Gasteiger partial charge in [0.05, 0.1) is 30.0 Å². The van der Waals surface area contributed by atoms with Crippen LogP contribution in [0.4, 0.5) is 0 Å². The quantitative estimate of drug-likeness (QED) is 0.793. The largest absolute Gasteiger partial charge is 0.462 e. The van der Waals surface area contributed by atoms with Gasteiger partial charge >= 0.3 is 11.9 Å². The van der Waals surface area contributed by atoms with E-state index in [1.54, 1.807) is 32.0 Å². The Bertz CT molecular complexity index is 731. The van der Waals surface area contributed by atoms with E-state index in [2.05, 4.69) is 0 Å². The number of ether oxygens (including phenoxy) is 2. The first-order valence-corrected chi connectivity index (χ1v) is 7.63. The highest BCUT2D eigenvalue weighted by Gasteiger charge is 2.21. The standard InChI is InChI=1S/C18H21NO4/c1-5-22-17(20)14-9-7-8-10-16(14)19-12(3)11-15(13(19)4)18(21)23-6-2/h7-11H,5-6H2,1-4H3. The predicted octanol–water partition coefficient (Wildman–Crippen LogP) is 3.45. The Morgan fingerprint density at radius 1 is 0.957 bits per heavy atom. The monoisotopic (exact) mass is 315 g/mol. The van der Waals surface area contributed by atoms with Crippen LogP contribution >= 0.6 is 0 Å². The number of carbonyl (C=O) groups is 2. The molecule has 0 amide bonds. The number of esters is 2. The summed E-state index contributed by atoms with van der Waals surface area (Å²) in [5.74, 6) is -0.742. The minimum absolute atomic E-state index is 0.310. The highest BCUT2D eigenvalue weighted by atomic mass is 16.5. The Kier molecular flexibility index (Phi) is 5.21. The van der Waals surface area contributed by atoms with Crippen LogP contribution in [0.15, 0.2) is 30.3 Å². The summed E-state index contributed by atoms with van der Waals surface area (Å²) >= 11 is 0. The van der Waals surface area contributed by atoms with E-state index < -0.39 is 0 Å². The molecule has 1 heterocycles. The Balaban J connectivity index is 2.56. The Hall–Kier alpha value is -2.56. The second kappa shape index (κ2) is 7.13. The lowest BCUT2D eigenvalue weighted by molar-refractivity contribution is 0.0517. The summed E-state index contributed by atoms with van der Waals surface area (Å²) in [5, 5.41) is 0. The Labute approximate surface area is 135 Å². The number of rotatable bonds is 5. The van der Waals surface area contributed by atoms with Crippen LogP contribution in [0.25, 0.3) is 5.69 Å². The van der Waals surface area contributed by atoms with Crippen molar-refractivity contribution in [3.05, 3.63) is 52.8 Å². The molecular formula is C18H21NO4. The van der Waals surface area contributed by atoms with Crippen molar-refractivity contribution >= 4 is 11.9 Å². The molecule has 0 radical (unpaired) electrons. The maximum absolute atomic E-state index is 12.2. The fourth-order valence-electron chi connectivity index (χ4n) is 2.60. The Morgan fingerprint density at radius 2 is 1.52 bits per heavy atom. The molecule has 2 rings (SSSR count). The zero-order valence-electron chi connectivity index (χ0n) is 13.9. The van der Waals surface area contributed by atoms with E-state index in [0.717, 1.165) is 11.4 Å². The number of hydrogen-bond donors (Lipinski definition) is 0. The van der Waals surface area contributed by atoms with Crippen molar-refractivity contribution < 1.29 is 19.1 Å². The number of nitrogens with zero attached hydrogens (tertiary/aromatic N) is 1. The van der Waals surface area contributed by atoms with Crippen LogP contribution in [0.2, 0.25) is 0 Å². The molecule has 0 spiro atoms. The lowest BCUT2D eigenvalue weighted by Crippen LogP contribution is -2.12. The SMILES string of the molecule is CCOC(=O)c1ccccc1-n1c(C)cc(C(=O)OCC)c1C. The molecule has 0 saturated heterocycles. The molecule has 0 unspecified atom stereocenters. The lowest BCUT2D eigenvalue weighted by Gasteiger charge is -2.14. The first kappa shape index (κ1) is 16.8. The van der Waals surface area contributed by atoms with E-state index in [9.17, 15) is 9.59 Å². The van der Waals surface area contributed by atoms with Crippen molar-refractivity contribution in [3.63, 3.8) is 0 Å². The summed E-state index contributed by atoms with van der Waals surface area (Å²) in [4.78, 5) is 24.2. The summed E-state index contributed by atoms with van der Waals surface area (Å²) in [6, 6.07) is 8.96. The molecule has 0 fully saturated rings. The third kappa shape index (κ3) is 3.28. The van der Waals surface area contributed by atoms with E-state index in [1.807, 2.05) is 30.5 Å². The number of para-hydroxylation sites is 1. The van der Waals surface area contributed by atoms with Gasteiger partial charge in [-0.3, -0.25) is 0 Å². The minimum Gasteiger partial charge on any atom is -0.462 e. The normalized spacial score (nSPS) is 10.4. The van der Waals surface area contributed by atoms with Crippen LogP contribution in [0.1, 0.15) is 46.0 Å². The Morgan fingerprint density at radius 3 is 2.13 bits per heavy atom. The van der Waals surface area contributed by atoms with Crippen molar-refractivity contribution in [1.29, 1.82) is 0 Å². The van der Waals surface area contributed by atoms with Gasteiger partial charge in [-0.1, -0.05) is 12.1 Å². The molecule has 1 aromatic heterocycles. The van der Waals surface area contributed by atoms with Gasteiger partial charge in [0.2, 0.25) is 0 Å². The molecule has 23 heavy (non-hydrogen) atoms. The van der Waals surface area contributed by atoms with Crippen molar-refractivity contribution in [1.82, 2.24) is 4.57 Å². The van der Waals surface area contributed by atoms with E-state index in [0.29, 0.717) is 30.0 Å². The second-order valence-electron chi connectivity index (χ2n) is 5.08. The topological polar surface area (TPSA) is 57.5 Å². The van der Waals surface area contributed by atoms with E-state index in [1.165, 1.54) is 0 Å². The highest BCUT2D eigenvalue weighted by molar-refractivity contribution is 5.95. The maximum Gasteiger partial charge on any atom is 0.340 e. The van der Waals surface area contributed by atoms with Gasteiger partial charge in [-0.15, -0.1) is 0 Å². The zero-order valence-corrected chi connectivity index (χ0v) is 13.9. The first-order chi connectivity index (χ1) is 11.0. The van der Waals surface area contributed by atoms with Crippen LogP contribution in [0.3, 0.4) is 0 Å². The molecule has 0 atom stereocenters. The van der Waals surface area contributed by atoms with Gasteiger partial charge < -0.3 is 14.0 Å². The number of benzene rings is 1. The highest BCUT2D eigenvalue weighted by Crippen LogP contribution is 2.24. The second-order valence-corrected chi connectivity index (χ2v) is 5.08. The molecule has 0 aliphatic carbocycles. The van der Waals surface area contributed by atoms with Crippen molar-refractivity contribution in [3.8, 4) is 5.69 Å². The predicted molar refractivity (Wildman–Crippen MR) is 87.2 cm³/mol. The van der Waals surface area contributed by atoms with E-state index in [4.69, 9.17) is 9.47 Å². The third-order valence-corrected chi connectivity index (χ3v) is 3.57. The van der Waals surface area contributed by atoms with Gasteiger partial charge in [0.25, 0.3) is 0 Å². The third-order valence-electron chi connectivity index (χ3n) is 3.57. The van der Waals surface area contributed by atoms with Crippen LogP contribution in [-0.4, -0.2) is 29.7 Å². The average Bonchev–Trinajstić information content (AvgIpc) is 2.82.